The summed E-state index contributed by atoms with van der Waals surface area (Å²) in [5.41, 5.74) is 4.46. The number of aromatic nitrogens is 3. The van der Waals surface area contributed by atoms with E-state index in [0.29, 0.717) is 23.1 Å². The molecule has 3 heterocycles. The third-order valence-corrected chi connectivity index (χ3v) is 5.98. The van der Waals surface area contributed by atoms with Crippen molar-refractivity contribution in [1.82, 2.24) is 15.0 Å². The van der Waals surface area contributed by atoms with Crippen LogP contribution >= 0.6 is 11.6 Å². The summed E-state index contributed by atoms with van der Waals surface area (Å²) >= 11 is 4.76. The Morgan fingerprint density at radius 1 is 1.15 bits per heavy atom. The monoisotopic (exact) mass is 472 g/mol. The normalized spacial score (nSPS) is 21.5. The van der Waals surface area contributed by atoms with Gasteiger partial charge in [-0.3, -0.25) is 4.79 Å². The number of nitrogens with one attached hydrogen (secondary N) is 1. The number of hydrogen-bond donors (Lipinski definition) is 2. The van der Waals surface area contributed by atoms with Gasteiger partial charge in [0.15, 0.2) is 0 Å². The van der Waals surface area contributed by atoms with Gasteiger partial charge in [-0.25, -0.2) is 15.0 Å². The largest absolute Gasteiger partial charge is 0.487 e. The molecule has 3 N–H and O–H groups in total. The minimum Gasteiger partial charge on any atom is -0.420 e. The van der Waals surface area contributed by atoms with Crippen molar-refractivity contribution in [3.63, 3.8) is 0 Å². The second-order valence-corrected chi connectivity index (χ2v) is 8.50. The molecule has 33 heavy (non-hydrogen) atoms. The summed E-state index contributed by atoms with van der Waals surface area (Å²) in [4.78, 5) is 27.8. The Labute approximate surface area is 192 Å². The highest BCUT2D eigenvalue weighted by molar-refractivity contribution is 6.20. The number of carbonyl (C=O) groups excluding carboxylic acids is 1. The van der Waals surface area contributed by atoms with Crippen molar-refractivity contribution >= 4 is 29.0 Å². The highest BCUT2D eigenvalue weighted by atomic mass is 35.5. The van der Waals surface area contributed by atoms with Gasteiger partial charge in [0.1, 0.15) is 17.9 Å². The number of piperidine rings is 1. The van der Waals surface area contributed by atoms with Crippen LogP contribution in [0.2, 0.25) is 0 Å². The summed E-state index contributed by atoms with van der Waals surface area (Å²) in [5, 5.41) is 2.72. The number of nitrogens with two attached hydrogens (primary N) is 1. The fourth-order valence-corrected chi connectivity index (χ4v) is 4.26. The second-order valence-electron chi connectivity index (χ2n) is 8.06. The van der Waals surface area contributed by atoms with Crippen molar-refractivity contribution in [2.24, 2.45) is 17.6 Å². The van der Waals surface area contributed by atoms with Crippen LogP contribution in [0.15, 0.2) is 55.2 Å². The quantitative estimate of drug-likeness (QED) is 0.530. The molecular formula is C22H19ClF2N6O2. The minimum absolute atomic E-state index is 0.131. The van der Waals surface area contributed by atoms with Gasteiger partial charge in [0.2, 0.25) is 0 Å². The molecule has 11 heteroatoms. The van der Waals surface area contributed by atoms with E-state index in [-0.39, 0.29) is 11.8 Å². The lowest BCUT2D eigenvalue weighted by molar-refractivity contribution is -0.0964. The molecule has 0 bridgehead atoms. The molecule has 1 aromatic carbocycles. The van der Waals surface area contributed by atoms with Gasteiger partial charge >= 0.3 is 5.57 Å². The smallest absolute Gasteiger partial charge is 0.420 e. The molecule has 1 aliphatic heterocycles. The molecule has 3 aromatic rings. The molecule has 170 valence electrons. The Bertz CT molecular complexity index is 1160. The van der Waals surface area contributed by atoms with E-state index in [1.165, 1.54) is 36.8 Å². The van der Waals surface area contributed by atoms with Gasteiger partial charge < -0.3 is 20.7 Å². The topological polar surface area (TPSA) is 106 Å². The Balaban J connectivity index is 1.37. The summed E-state index contributed by atoms with van der Waals surface area (Å²) in [5.74, 6) is 1.16. The predicted molar refractivity (Wildman–Crippen MR) is 118 cm³/mol. The number of halogens is 3. The number of fused-ring (bicyclic) bond motifs is 1. The number of hydrogen-bond acceptors (Lipinski definition) is 7. The lowest BCUT2D eigenvalue weighted by Gasteiger charge is -2.23. The standard InChI is InChI=1S/C22H19ClF2N6O2/c23-22(24,25)33-15-3-1-14(2-4-15)30-21(32)12-5-16(13-6-27-11-28-7-13)20(29-8-12)31-9-17-18(10-31)19(17)26/h1-8,11,17-19H,9-10,26H2,(H,30,32)/t17-,18+,19+. The van der Waals surface area contributed by atoms with E-state index < -0.39 is 11.5 Å². The summed E-state index contributed by atoms with van der Waals surface area (Å²) in [6.45, 7) is 1.64. The SMILES string of the molecule is N[C@@H]1[C@H]2CN(c3ncc(C(=O)Nc4ccc(OC(F)(F)Cl)cc4)cc3-c3cncnc3)C[C@@H]12. The Morgan fingerprint density at radius 3 is 2.45 bits per heavy atom. The van der Waals surface area contributed by atoms with Crippen LogP contribution < -0.4 is 20.7 Å². The summed E-state index contributed by atoms with van der Waals surface area (Å²) < 4.78 is 29.8. The van der Waals surface area contributed by atoms with Crippen LogP contribution in [0.4, 0.5) is 20.3 Å². The number of amides is 1. The van der Waals surface area contributed by atoms with E-state index in [4.69, 9.17) is 17.3 Å². The maximum absolute atomic E-state index is 12.9. The molecular weight excluding hydrogens is 454 g/mol. The zero-order chi connectivity index (χ0) is 23.2. The van der Waals surface area contributed by atoms with Gasteiger partial charge in [-0.2, -0.15) is 0 Å². The first-order valence-corrected chi connectivity index (χ1v) is 10.6. The van der Waals surface area contributed by atoms with Gasteiger partial charge in [0, 0.05) is 66.1 Å². The molecule has 2 aromatic heterocycles. The fourth-order valence-electron chi connectivity index (χ4n) is 4.17. The van der Waals surface area contributed by atoms with Crippen LogP contribution in [0.3, 0.4) is 0 Å². The molecule has 1 saturated heterocycles. The highest BCUT2D eigenvalue weighted by Gasteiger charge is 2.54. The first-order chi connectivity index (χ1) is 15.8. The minimum atomic E-state index is -3.81. The van der Waals surface area contributed by atoms with E-state index in [9.17, 15) is 13.6 Å². The lowest BCUT2D eigenvalue weighted by atomic mass is 10.1. The van der Waals surface area contributed by atoms with Crippen LogP contribution in [0.25, 0.3) is 11.1 Å². The van der Waals surface area contributed by atoms with Gasteiger partial charge in [-0.05, 0) is 42.2 Å². The molecule has 1 saturated carbocycles. The first-order valence-electron chi connectivity index (χ1n) is 10.2. The number of benzene rings is 1. The van der Waals surface area contributed by atoms with Crippen molar-refractivity contribution in [3.05, 3.63) is 60.8 Å². The molecule has 3 atom stereocenters. The highest BCUT2D eigenvalue weighted by Crippen LogP contribution is 2.46. The Morgan fingerprint density at radius 2 is 1.82 bits per heavy atom. The summed E-state index contributed by atoms with van der Waals surface area (Å²) in [6, 6.07) is 7.42. The third-order valence-electron chi connectivity index (χ3n) is 5.91. The van der Waals surface area contributed by atoms with Crippen molar-refractivity contribution < 1.29 is 18.3 Å². The number of alkyl halides is 3. The van der Waals surface area contributed by atoms with Crippen LogP contribution in [0.5, 0.6) is 5.75 Å². The fraction of sp³-hybridized carbons (Fsp3) is 0.273. The van der Waals surface area contributed by atoms with Crippen molar-refractivity contribution in [2.75, 3.05) is 23.3 Å². The van der Waals surface area contributed by atoms with E-state index in [0.717, 1.165) is 30.0 Å². The molecule has 0 unspecified atom stereocenters. The number of nitrogens with zero attached hydrogens (tertiary/aromatic N) is 4. The maximum atomic E-state index is 12.9. The molecule has 8 nitrogen and oxygen atoms in total. The van der Waals surface area contributed by atoms with Gasteiger partial charge in [-0.15, -0.1) is 8.78 Å². The van der Waals surface area contributed by atoms with Gasteiger partial charge in [0.25, 0.3) is 5.91 Å². The van der Waals surface area contributed by atoms with Gasteiger partial charge in [0.05, 0.1) is 5.56 Å². The summed E-state index contributed by atoms with van der Waals surface area (Å²) in [6.07, 6.45) is 6.28. The lowest BCUT2D eigenvalue weighted by Crippen LogP contribution is -2.29. The molecule has 1 aliphatic carbocycles. The van der Waals surface area contributed by atoms with E-state index in [1.54, 1.807) is 18.5 Å². The average molecular weight is 473 g/mol. The number of carbonyl (C=O) groups is 1. The number of ether oxygens (including phenoxy) is 1. The number of pyridine rings is 1. The summed E-state index contributed by atoms with van der Waals surface area (Å²) in [7, 11) is 0. The van der Waals surface area contributed by atoms with Crippen molar-refractivity contribution in [1.29, 1.82) is 0 Å². The van der Waals surface area contributed by atoms with Crippen molar-refractivity contribution in [2.45, 2.75) is 11.6 Å². The van der Waals surface area contributed by atoms with Crippen LogP contribution in [-0.4, -0.2) is 45.6 Å². The first kappa shape index (κ1) is 21.5. The Kier molecular flexibility index (Phi) is 5.34. The average Bonchev–Trinajstić information content (AvgIpc) is 3.19. The zero-order valence-corrected chi connectivity index (χ0v) is 17.9. The maximum Gasteiger partial charge on any atom is 0.487 e. The zero-order valence-electron chi connectivity index (χ0n) is 17.2. The van der Waals surface area contributed by atoms with Crippen LogP contribution in [-0.2, 0) is 0 Å². The second kappa shape index (κ2) is 8.20. The molecule has 0 spiro atoms. The van der Waals surface area contributed by atoms with E-state index >= 15 is 0 Å². The molecule has 0 radical (unpaired) electrons. The number of rotatable bonds is 6. The van der Waals surface area contributed by atoms with E-state index in [1.807, 2.05) is 0 Å². The van der Waals surface area contributed by atoms with Crippen LogP contribution in [0.1, 0.15) is 10.4 Å². The van der Waals surface area contributed by atoms with Crippen LogP contribution in [0, 0.1) is 11.8 Å². The molecule has 1 amide bonds. The molecule has 5 rings (SSSR count). The van der Waals surface area contributed by atoms with E-state index in [2.05, 4.69) is 29.9 Å². The molecule has 2 aliphatic rings. The Hall–Kier alpha value is -3.37. The number of anilines is 2. The van der Waals surface area contributed by atoms with Crippen molar-refractivity contribution in [3.8, 4) is 16.9 Å². The third kappa shape index (κ3) is 4.57. The predicted octanol–water partition coefficient (Wildman–Crippen LogP) is 3.35. The molecule has 2 fully saturated rings. The van der Waals surface area contributed by atoms with Gasteiger partial charge in [-0.1, -0.05) is 0 Å².